The molecule has 1 aromatic rings. The van der Waals surface area contributed by atoms with Gasteiger partial charge in [0.1, 0.15) is 0 Å². The molecule has 5 rings (SSSR count). The molecule has 1 saturated heterocycles. The summed E-state index contributed by atoms with van der Waals surface area (Å²) in [5.74, 6) is 2.29. The molecule has 4 fully saturated rings. The summed E-state index contributed by atoms with van der Waals surface area (Å²) in [6, 6.07) is 10.9. The van der Waals surface area contributed by atoms with Crippen LogP contribution in [0, 0.1) is 11.8 Å². The monoisotopic (exact) mass is 255 g/mol. The van der Waals surface area contributed by atoms with Crippen LogP contribution in [0.1, 0.15) is 50.0 Å². The molecule has 100 valence electrons. The third kappa shape index (κ3) is 1.58. The summed E-state index contributed by atoms with van der Waals surface area (Å²) in [7, 11) is 0. The van der Waals surface area contributed by atoms with Gasteiger partial charge in [0.15, 0.2) is 0 Å². The number of carbonyl (C=O) groups is 1. The molecule has 4 aliphatic rings. The number of rotatable bonds is 1. The molecule has 3 saturated carbocycles. The van der Waals surface area contributed by atoms with E-state index in [9.17, 15) is 4.79 Å². The van der Waals surface area contributed by atoms with Crippen molar-refractivity contribution in [3.8, 4) is 0 Å². The Morgan fingerprint density at radius 1 is 1.05 bits per heavy atom. The minimum atomic E-state index is 0.0829. The van der Waals surface area contributed by atoms with E-state index in [1.54, 1.807) is 0 Å². The second kappa shape index (κ2) is 4.09. The number of nitrogens with one attached hydrogen (secondary N) is 1. The Labute approximate surface area is 114 Å². The first-order valence-corrected chi connectivity index (χ1v) is 7.65. The lowest BCUT2D eigenvalue weighted by molar-refractivity contribution is -0.121. The van der Waals surface area contributed by atoms with Gasteiger partial charge in [-0.2, -0.15) is 0 Å². The summed E-state index contributed by atoms with van der Waals surface area (Å²) in [6.45, 7) is 0. The first-order chi connectivity index (χ1) is 9.29. The molecule has 2 nitrogen and oxygen atoms in total. The Bertz CT molecular complexity index is 489. The van der Waals surface area contributed by atoms with Crippen LogP contribution in [0.15, 0.2) is 30.3 Å². The number of hydrogen-bond acceptors (Lipinski definition) is 1. The van der Waals surface area contributed by atoms with Gasteiger partial charge in [-0.1, -0.05) is 30.3 Å². The molecule has 0 aromatic heterocycles. The minimum absolute atomic E-state index is 0.0829. The van der Waals surface area contributed by atoms with Crippen LogP contribution in [0.25, 0.3) is 0 Å². The summed E-state index contributed by atoms with van der Waals surface area (Å²) >= 11 is 0. The molecule has 3 aliphatic carbocycles. The van der Waals surface area contributed by atoms with E-state index in [-0.39, 0.29) is 11.4 Å². The number of fused-ring (bicyclic) bond motifs is 2. The van der Waals surface area contributed by atoms with Gasteiger partial charge in [0, 0.05) is 12.3 Å². The molecule has 1 aliphatic heterocycles. The first-order valence-electron chi connectivity index (χ1n) is 7.65. The molecule has 0 radical (unpaired) electrons. The van der Waals surface area contributed by atoms with Gasteiger partial charge in [-0.25, -0.2) is 0 Å². The number of hydrogen-bond donors (Lipinski definition) is 1. The minimum Gasteiger partial charge on any atom is -0.350 e. The highest BCUT2D eigenvalue weighted by atomic mass is 16.2. The van der Waals surface area contributed by atoms with E-state index in [0.29, 0.717) is 11.8 Å². The van der Waals surface area contributed by atoms with Crippen LogP contribution in [-0.2, 0) is 4.79 Å². The summed E-state index contributed by atoms with van der Waals surface area (Å²) < 4.78 is 0. The van der Waals surface area contributed by atoms with Crippen LogP contribution < -0.4 is 5.32 Å². The zero-order chi connectivity index (χ0) is 12.9. The predicted molar refractivity (Wildman–Crippen MR) is 74.7 cm³/mol. The number of amides is 1. The molecule has 1 N–H and O–H groups in total. The maximum Gasteiger partial charge on any atom is 0.220 e. The predicted octanol–water partition coefficient (Wildman–Crippen LogP) is 3.24. The van der Waals surface area contributed by atoms with Crippen molar-refractivity contribution in [2.24, 2.45) is 11.8 Å². The van der Waals surface area contributed by atoms with Gasteiger partial charge in [-0.15, -0.1) is 0 Å². The van der Waals surface area contributed by atoms with E-state index in [2.05, 4.69) is 35.6 Å². The number of benzene rings is 1. The van der Waals surface area contributed by atoms with Gasteiger partial charge < -0.3 is 5.32 Å². The molecular formula is C17H21NO. The van der Waals surface area contributed by atoms with Crippen LogP contribution in [0.2, 0.25) is 0 Å². The van der Waals surface area contributed by atoms with Crippen molar-refractivity contribution in [1.29, 1.82) is 0 Å². The van der Waals surface area contributed by atoms with E-state index in [4.69, 9.17) is 0 Å². The van der Waals surface area contributed by atoms with Crippen molar-refractivity contribution in [3.63, 3.8) is 0 Å². The third-order valence-electron chi connectivity index (χ3n) is 5.82. The largest absolute Gasteiger partial charge is 0.350 e. The molecule has 1 spiro atoms. The highest BCUT2D eigenvalue weighted by molar-refractivity contribution is 5.80. The SMILES string of the molecule is O=C1CCC2(N1)C1CCC(CC1)C2c1ccccc1. The van der Waals surface area contributed by atoms with Crippen molar-refractivity contribution >= 4 is 5.91 Å². The zero-order valence-electron chi connectivity index (χ0n) is 11.3. The Morgan fingerprint density at radius 3 is 2.42 bits per heavy atom. The maximum atomic E-state index is 11.9. The molecule has 19 heavy (non-hydrogen) atoms. The lowest BCUT2D eigenvalue weighted by Crippen LogP contribution is -2.59. The van der Waals surface area contributed by atoms with Gasteiger partial charge >= 0.3 is 0 Å². The molecular weight excluding hydrogens is 234 g/mol. The average Bonchev–Trinajstić information content (AvgIpc) is 2.83. The molecule has 1 amide bonds. The fraction of sp³-hybridized carbons (Fsp3) is 0.588. The normalized spacial score (nSPS) is 40.6. The fourth-order valence-corrected chi connectivity index (χ4v) is 5.12. The van der Waals surface area contributed by atoms with Gasteiger partial charge in [-0.05, 0) is 49.5 Å². The van der Waals surface area contributed by atoms with E-state index >= 15 is 0 Å². The first kappa shape index (κ1) is 11.5. The van der Waals surface area contributed by atoms with Crippen molar-refractivity contribution in [2.45, 2.75) is 50.0 Å². The summed E-state index contributed by atoms with van der Waals surface area (Å²) in [6.07, 6.45) is 7.10. The van der Waals surface area contributed by atoms with E-state index in [0.717, 1.165) is 18.8 Å². The van der Waals surface area contributed by atoms with Crippen LogP contribution in [0.5, 0.6) is 0 Å². The van der Waals surface area contributed by atoms with Gasteiger partial charge in [-0.3, -0.25) is 4.79 Å². The average molecular weight is 255 g/mol. The second-order valence-electron chi connectivity index (χ2n) is 6.59. The van der Waals surface area contributed by atoms with Crippen LogP contribution in [0.3, 0.4) is 0 Å². The topological polar surface area (TPSA) is 29.1 Å². The number of carbonyl (C=O) groups excluding carboxylic acids is 1. The van der Waals surface area contributed by atoms with Gasteiger partial charge in [0.25, 0.3) is 0 Å². The van der Waals surface area contributed by atoms with Crippen LogP contribution in [-0.4, -0.2) is 11.4 Å². The summed E-state index contributed by atoms with van der Waals surface area (Å²) in [5, 5.41) is 3.41. The summed E-state index contributed by atoms with van der Waals surface area (Å²) in [4.78, 5) is 11.9. The third-order valence-corrected chi connectivity index (χ3v) is 5.82. The maximum absolute atomic E-state index is 11.9. The Kier molecular flexibility index (Phi) is 2.48. The lowest BCUT2D eigenvalue weighted by Gasteiger charge is -2.56. The van der Waals surface area contributed by atoms with Gasteiger partial charge in [0.05, 0.1) is 5.54 Å². The van der Waals surface area contributed by atoms with Gasteiger partial charge in [0.2, 0.25) is 5.91 Å². The highest BCUT2D eigenvalue weighted by Gasteiger charge is 2.57. The Morgan fingerprint density at radius 2 is 1.79 bits per heavy atom. The molecule has 2 heteroatoms. The van der Waals surface area contributed by atoms with Crippen molar-refractivity contribution < 1.29 is 4.79 Å². The van der Waals surface area contributed by atoms with E-state index < -0.39 is 0 Å². The van der Waals surface area contributed by atoms with Crippen LogP contribution in [0.4, 0.5) is 0 Å². The molecule has 1 heterocycles. The van der Waals surface area contributed by atoms with E-state index in [1.807, 2.05) is 0 Å². The summed E-state index contributed by atoms with van der Waals surface area (Å²) in [5.41, 5.74) is 1.53. The fourth-order valence-electron chi connectivity index (χ4n) is 5.12. The smallest absolute Gasteiger partial charge is 0.220 e. The molecule has 1 aromatic carbocycles. The molecule has 2 bridgehead atoms. The van der Waals surface area contributed by atoms with Crippen LogP contribution >= 0.6 is 0 Å². The van der Waals surface area contributed by atoms with Crippen molar-refractivity contribution in [2.75, 3.05) is 0 Å². The zero-order valence-corrected chi connectivity index (χ0v) is 11.3. The quantitative estimate of drug-likeness (QED) is 0.820. The molecule has 2 atom stereocenters. The standard InChI is InChI=1S/C17H21NO/c19-15-10-11-17(18-15)14-8-6-13(7-9-14)16(17)12-4-2-1-3-5-12/h1-5,13-14,16H,6-11H2,(H,18,19). The van der Waals surface area contributed by atoms with Crippen molar-refractivity contribution in [3.05, 3.63) is 35.9 Å². The second-order valence-corrected chi connectivity index (χ2v) is 6.59. The lowest BCUT2D eigenvalue weighted by atomic mass is 9.52. The Hall–Kier alpha value is -1.31. The molecule has 2 unspecified atom stereocenters. The van der Waals surface area contributed by atoms with Crippen molar-refractivity contribution in [1.82, 2.24) is 5.32 Å². The Balaban J connectivity index is 1.80. The highest BCUT2D eigenvalue weighted by Crippen LogP contribution is 2.58. The van der Waals surface area contributed by atoms with E-state index in [1.165, 1.54) is 31.2 Å².